The number of nitrogens with one attached hydrogen (secondary N) is 1. The molecule has 31 heavy (non-hydrogen) atoms. The summed E-state index contributed by atoms with van der Waals surface area (Å²) in [5.74, 6) is 0.384. The highest BCUT2D eigenvalue weighted by molar-refractivity contribution is 5.96. The quantitative estimate of drug-likeness (QED) is 0.504. The Bertz CT molecular complexity index is 1270. The lowest BCUT2D eigenvalue weighted by Crippen LogP contribution is -2.34. The number of carbonyl (C=O) groups excluding carboxylic acids is 1. The Kier molecular flexibility index (Phi) is 6.08. The van der Waals surface area contributed by atoms with E-state index in [0.717, 1.165) is 22.3 Å². The standard InChI is InChI=1S/C25H23N3O3/c1-31-21-11-5-9-18(15-21)12-14-27-24(29)22-16-20-10-6-13-26-23(20)28(25(22)30)17-19-7-3-2-4-8-19/h2-11,13,15-16H,12,14,17H2,1H3,(H,27,29). The maximum absolute atomic E-state index is 13.2. The molecule has 6 heteroatoms. The van der Waals surface area contributed by atoms with Crippen LogP contribution in [-0.4, -0.2) is 29.1 Å². The van der Waals surface area contributed by atoms with Crippen LogP contribution in [0.4, 0.5) is 0 Å². The average molecular weight is 413 g/mol. The van der Waals surface area contributed by atoms with Crippen molar-refractivity contribution in [1.29, 1.82) is 0 Å². The van der Waals surface area contributed by atoms with Gasteiger partial charge in [-0.15, -0.1) is 0 Å². The molecule has 6 nitrogen and oxygen atoms in total. The summed E-state index contributed by atoms with van der Waals surface area (Å²) < 4.78 is 6.79. The maximum Gasteiger partial charge on any atom is 0.265 e. The molecule has 4 rings (SSSR count). The van der Waals surface area contributed by atoms with E-state index >= 15 is 0 Å². The van der Waals surface area contributed by atoms with Crippen molar-refractivity contribution in [2.75, 3.05) is 13.7 Å². The zero-order chi connectivity index (χ0) is 21.6. The van der Waals surface area contributed by atoms with Crippen LogP contribution in [0.3, 0.4) is 0 Å². The molecule has 0 spiro atoms. The van der Waals surface area contributed by atoms with Crippen molar-refractivity contribution in [2.24, 2.45) is 0 Å². The summed E-state index contributed by atoms with van der Waals surface area (Å²) in [5, 5.41) is 3.61. The van der Waals surface area contributed by atoms with E-state index in [9.17, 15) is 9.59 Å². The normalized spacial score (nSPS) is 10.7. The lowest BCUT2D eigenvalue weighted by molar-refractivity contribution is 0.0952. The first-order valence-corrected chi connectivity index (χ1v) is 10.1. The molecule has 0 atom stereocenters. The van der Waals surface area contributed by atoms with Crippen molar-refractivity contribution in [3.8, 4) is 5.75 Å². The Hall–Kier alpha value is -3.93. The van der Waals surface area contributed by atoms with Crippen LogP contribution in [0, 0.1) is 0 Å². The number of ether oxygens (including phenoxy) is 1. The van der Waals surface area contributed by atoms with Gasteiger partial charge in [0.1, 0.15) is 17.0 Å². The van der Waals surface area contributed by atoms with Crippen LogP contribution in [-0.2, 0) is 13.0 Å². The fraction of sp³-hybridized carbons (Fsp3) is 0.160. The third-order valence-electron chi connectivity index (χ3n) is 5.11. The van der Waals surface area contributed by atoms with Gasteiger partial charge in [-0.3, -0.25) is 14.2 Å². The van der Waals surface area contributed by atoms with Crippen molar-refractivity contribution in [1.82, 2.24) is 14.9 Å². The number of carbonyl (C=O) groups is 1. The molecule has 1 N–H and O–H groups in total. The summed E-state index contributed by atoms with van der Waals surface area (Å²) in [6.07, 6.45) is 2.29. The molecule has 0 aliphatic heterocycles. The highest BCUT2D eigenvalue weighted by Crippen LogP contribution is 2.14. The number of amides is 1. The van der Waals surface area contributed by atoms with Crippen LogP contribution in [0.15, 0.2) is 83.8 Å². The summed E-state index contributed by atoms with van der Waals surface area (Å²) in [4.78, 5) is 30.4. The van der Waals surface area contributed by atoms with Crippen molar-refractivity contribution >= 4 is 16.9 Å². The number of pyridine rings is 2. The monoisotopic (exact) mass is 413 g/mol. The Morgan fingerprint density at radius 2 is 1.81 bits per heavy atom. The van der Waals surface area contributed by atoms with Crippen LogP contribution >= 0.6 is 0 Å². The van der Waals surface area contributed by atoms with E-state index in [4.69, 9.17) is 4.74 Å². The smallest absolute Gasteiger partial charge is 0.265 e. The third kappa shape index (κ3) is 4.64. The van der Waals surface area contributed by atoms with Gasteiger partial charge >= 0.3 is 0 Å². The average Bonchev–Trinajstić information content (AvgIpc) is 2.81. The van der Waals surface area contributed by atoms with Crippen LogP contribution in [0.25, 0.3) is 11.0 Å². The van der Waals surface area contributed by atoms with Gasteiger partial charge in [0.15, 0.2) is 0 Å². The highest BCUT2D eigenvalue weighted by atomic mass is 16.5. The second-order valence-electron chi connectivity index (χ2n) is 7.21. The summed E-state index contributed by atoms with van der Waals surface area (Å²) >= 11 is 0. The molecule has 0 unspecified atom stereocenters. The Labute approximate surface area is 180 Å². The molecule has 1 amide bonds. The SMILES string of the molecule is COc1cccc(CCNC(=O)c2cc3cccnc3n(Cc3ccccc3)c2=O)c1. The molecule has 2 heterocycles. The second kappa shape index (κ2) is 9.26. The molecule has 0 saturated carbocycles. The predicted octanol–water partition coefficient (Wildman–Crippen LogP) is 3.43. The lowest BCUT2D eigenvalue weighted by atomic mass is 10.1. The number of hydrogen-bond acceptors (Lipinski definition) is 4. The van der Waals surface area contributed by atoms with Crippen molar-refractivity contribution < 1.29 is 9.53 Å². The van der Waals surface area contributed by atoms with Crippen molar-refractivity contribution in [3.05, 3.63) is 106 Å². The van der Waals surface area contributed by atoms with E-state index in [-0.39, 0.29) is 17.0 Å². The van der Waals surface area contributed by atoms with Gasteiger partial charge in [0.25, 0.3) is 11.5 Å². The predicted molar refractivity (Wildman–Crippen MR) is 121 cm³/mol. The van der Waals surface area contributed by atoms with Gasteiger partial charge in [-0.1, -0.05) is 42.5 Å². The minimum absolute atomic E-state index is 0.113. The van der Waals surface area contributed by atoms with E-state index in [1.807, 2.05) is 60.7 Å². The number of aromatic nitrogens is 2. The topological polar surface area (TPSA) is 73.2 Å². The molecular formula is C25H23N3O3. The molecular weight excluding hydrogens is 390 g/mol. The molecule has 0 radical (unpaired) electrons. The molecule has 2 aromatic heterocycles. The molecule has 4 aromatic rings. The lowest BCUT2D eigenvalue weighted by Gasteiger charge is -2.12. The number of rotatable bonds is 7. The Balaban J connectivity index is 1.58. The van der Waals surface area contributed by atoms with E-state index in [1.165, 1.54) is 0 Å². The molecule has 0 bridgehead atoms. The molecule has 156 valence electrons. The zero-order valence-electron chi connectivity index (χ0n) is 17.2. The van der Waals surface area contributed by atoms with Gasteiger partial charge in [-0.05, 0) is 47.9 Å². The Morgan fingerprint density at radius 1 is 1.00 bits per heavy atom. The number of benzene rings is 2. The minimum Gasteiger partial charge on any atom is -0.497 e. The maximum atomic E-state index is 13.2. The molecule has 0 aliphatic rings. The van der Waals surface area contributed by atoms with Crippen LogP contribution < -0.4 is 15.6 Å². The fourth-order valence-corrected chi connectivity index (χ4v) is 3.53. The van der Waals surface area contributed by atoms with Crippen molar-refractivity contribution in [3.63, 3.8) is 0 Å². The number of fused-ring (bicyclic) bond motifs is 1. The van der Waals surface area contributed by atoms with E-state index in [1.54, 1.807) is 30.0 Å². The first-order valence-electron chi connectivity index (χ1n) is 10.1. The summed E-state index contributed by atoms with van der Waals surface area (Å²) in [6, 6.07) is 22.6. The van der Waals surface area contributed by atoms with Gasteiger partial charge in [-0.2, -0.15) is 0 Å². The fourth-order valence-electron chi connectivity index (χ4n) is 3.53. The summed E-state index contributed by atoms with van der Waals surface area (Å²) in [5.41, 5.74) is 2.33. The first kappa shape index (κ1) is 20.3. The third-order valence-corrected chi connectivity index (χ3v) is 5.11. The number of hydrogen-bond donors (Lipinski definition) is 1. The molecule has 0 saturated heterocycles. The zero-order valence-corrected chi connectivity index (χ0v) is 17.2. The van der Waals surface area contributed by atoms with Crippen LogP contribution in [0.2, 0.25) is 0 Å². The van der Waals surface area contributed by atoms with Gasteiger partial charge in [0.2, 0.25) is 0 Å². The molecule has 2 aromatic carbocycles. The highest BCUT2D eigenvalue weighted by Gasteiger charge is 2.16. The number of methoxy groups -OCH3 is 1. The first-order chi connectivity index (χ1) is 15.2. The van der Waals surface area contributed by atoms with Crippen LogP contribution in [0.1, 0.15) is 21.5 Å². The van der Waals surface area contributed by atoms with E-state index in [0.29, 0.717) is 25.2 Å². The molecule has 0 aliphatic carbocycles. The van der Waals surface area contributed by atoms with Gasteiger partial charge in [-0.25, -0.2) is 4.98 Å². The molecule has 0 fully saturated rings. The largest absolute Gasteiger partial charge is 0.497 e. The second-order valence-corrected chi connectivity index (χ2v) is 7.21. The number of nitrogens with zero attached hydrogens (tertiary/aromatic N) is 2. The van der Waals surface area contributed by atoms with Crippen LogP contribution in [0.5, 0.6) is 5.75 Å². The Morgan fingerprint density at radius 3 is 2.61 bits per heavy atom. The van der Waals surface area contributed by atoms with Gasteiger partial charge in [0, 0.05) is 18.1 Å². The summed E-state index contributed by atoms with van der Waals surface area (Å²) in [6.45, 7) is 0.757. The van der Waals surface area contributed by atoms with E-state index < -0.39 is 0 Å². The van der Waals surface area contributed by atoms with Gasteiger partial charge < -0.3 is 10.1 Å². The van der Waals surface area contributed by atoms with Gasteiger partial charge in [0.05, 0.1) is 13.7 Å². The van der Waals surface area contributed by atoms with Crippen molar-refractivity contribution in [2.45, 2.75) is 13.0 Å². The minimum atomic E-state index is -0.388. The van der Waals surface area contributed by atoms with E-state index in [2.05, 4.69) is 10.3 Å². The summed E-state index contributed by atoms with van der Waals surface area (Å²) in [7, 11) is 1.62.